The van der Waals surface area contributed by atoms with Crippen LogP contribution in [-0.4, -0.2) is 73.5 Å². The van der Waals surface area contributed by atoms with Gasteiger partial charge in [-0.15, -0.1) is 0 Å². The number of carbonyl (C=O) groups excluding carboxylic acids is 1. The normalized spacial score (nSPS) is 14.2. The van der Waals surface area contributed by atoms with Gasteiger partial charge in [0.05, 0.1) is 4.90 Å². The van der Waals surface area contributed by atoms with E-state index in [-0.39, 0.29) is 30.3 Å². The highest BCUT2D eigenvalue weighted by Crippen LogP contribution is 2.21. The van der Waals surface area contributed by atoms with Gasteiger partial charge in [-0.2, -0.15) is 17.5 Å². The fourth-order valence-corrected chi connectivity index (χ4v) is 4.82. The monoisotopic (exact) mass is 597 g/mol. The molecular weight excluding hydrogens is 574 g/mol. The molecule has 0 spiro atoms. The Morgan fingerprint density at radius 2 is 1.56 bits per heavy atom. The summed E-state index contributed by atoms with van der Waals surface area (Å²) in [5, 5.41) is 10.3. The molecule has 2 N–H and O–H groups in total. The molecule has 14 heteroatoms. The van der Waals surface area contributed by atoms with Gasteiger partial charge in [0.25, 0.3) is 0 Å². The summed E-state index contributed by atoms with van der Waals surface area (Å²) >= 11 is 3.37. The molecular formula is C22H24BrF4N3O5S. The third-order valence-corrected chi connectivity index (χ3v) is 7.40. The molecule has 0 bridgehead atoms. The molecule has 3 rings (SSSR count). The quantitative estimate of drug-likeness (QED) is 0.475. The molecule has 198 valence electrons. The van der Waals surface area contributed by atoms with Crippen molar-refractivity contribution in [3.8, 4) is 0 Å². The molecule has 0 aromatic heterocycles. The van der Waals surface area contributed by atoms with Crippen LogP contribution in [-0.2, 0) is 26.2 Å². The van der Waals surface area contributed by atoms with Crippen LogP contribution in [0.4, 0.5) is 17.6 Å². The highest BCUT2D eigenvalue weighted by molar-refractivity contribution is 9.10. The first-order chi connectivity index (χ1) is 16.8. The fraction of sp³-hybridized carbons (Fsp3) is 0.364. The van der Waals surface area contributed by atoms with E-state index < -0.39 is 28.0 Å². The molecule has 2 aromatic carbocycles. The van der Waals surface area contributed by atoms with Gasteiger partial charge < -0.3 is 15.3 Å². The molecule has 1 heterocycles. The number of nitrogens with one attached hydrogen (secondary N) is 1. The van der Waals surface area contributed by atoms with E-state index in [4.69, 9.17) is 9.90 Å². The number of aliphatic carboxylic acids is 1. The van der Waals surface area contributed by atoms with E-state index in [2.05, 4.69) is 21.2 Å². The van der Waals surface area contributed by atoms with Crippen molar-refractivity contribution in [2.75, 3.05) is 32.7 Å². The van der Waals surface area contributed by atoms with E-state index in [9.17, 15) is 30.8 Å². The average molecular weight is 598 g/mol. The zero-order valence-electron chi connectivity index (χ0n) is 18.8. The number of carboxylic acid groups (broad SMARTS) is 1. The van der Waals surface area contributed by atoms with Crippen LogP contribution < -0.4 is 5.32 Å². The number of sulfonamides is 1. The zero-order valence-corrected chi connectivity index (χ0v) is 21.2. The molecule has 1 aliphatic rings. The van der Waals surface area contributed by atoms with Gasteiger partial charge in [0.2, 0.25) is 15.9 Å². The van der Waals surface area contributed by atoms with Crippen LogP contribution in [0.25, 0.3) is 0 Å². The first-order valence-electron chi connectivity index (χ1n) is 10.6. The number of amides is 1. The second-order valence-electron chi connectivity index (χ2n) is 7.60. The van der Waals surface area contributed by atoms with Gasteiger partial charge in [-0.1, -0.05) is 28.1 Å². The summed E-state index contributed by atoms with van der Waals surface area (Å²) in [6, 6.07) is 12.1. The Kier molecular flexibility index (Phi) is 10.8. The minimum atomic E-state index is -5.08. The molecule has 0 unspecified atom stereocenters. The molecule has 0 aliphatic carbocycles. The molecule has 2 aromatic rings. The summed E-state index contributed by atoms with van der Waals surface area (Å²) in [6.45, 7) is 2.90. The third kappa shape index (κ3) is 9.15. The van der Waals surface area contributed by atoms with Gasteiger partial charge in [-0.25, -0.2) is 17.6 Å². The number of carboxylic acids is 1. The Labute approximate surface area is 214 Å². The lowest BCUT2D eigenvalue weighted by molar-refractivity contribution is -0.192. The average Bonchev–Trinajstić information content (AvgIpc) is 2.83. The van der Waals surface area contributed by atoms with Crippen molar-refractivity contribution in [3.63, 3.8) is 0 Å². The van der Waals surface area contributed by atoms with Crippen LogP contribution in [0.1, 0.15) is 12.0 Å². The summed E-state index contributed by atoms with van der Waals surface area (Å²) in [5.41, 5.74) is 0.800. The lowest BCUT2D eigenvalue weighted by Crippen LogP contribution is -2.47. The first kappa shape index (κ1) is 29.7. The Balaban J connectivity index is 0.000000572. The predicted molar refractivity (Wildman–Crippen MR) is 126 cm³/mol. The summed E-state index contributed by atoms with van der Waals surface area (Å²) < 4.78 is 73.5. The topological polar surface area (TPSA) is 107 Å². The first-order valence-corrected chi connectivity index (χ1v) is 12.8. The summed E-state index contributed by atoms with van der Waals surface area (Å²) in [7, 11) is -3.88. The number of alkyl halides is 3. The second-order valence-corrected chi connectivity index (χ2v) is 10.5. The lowest BCUT2D eigenvalue weighted by atomic mass is 10.2. The Morgan fingerprint density at radius 3 is 2.06 bits per heavy atom. The number of halogens is 5. The highest BCUT2D eigenvalue weighted by atomic mass is 79.9. The molecule has 0 atom stereocenters. The lowest BCUT2D eigenvalue weighted by Gasteiger charge is -2.29. The van der Waals surface area contributed by atoms with Crippen molar-refractivity contribution < 1.29 is 40.7 Å². The number of carbonyl (C=O) groups is 2. The minimum absolute atomic E-state index is 0.00522. The van der Waals surface area contributed by atoms with E-state index in [0.29, 0.717) is 13.1 Å². The summed E-state index contributed by atoms with van der Waals surface area (Å²) in [4.78, 5) is 23.2. The maximum atomic E-state index is 13.3. The van der Waals surface area contributed by atoms with Gasteiger partial charge in [-0.3, -0.25) is 4.79 Å². The number of nitrogens with zero attached hydrogens (tertiary/aromatic N) is 2. The molecule has 0 saturated carbocycles. The Hall–Kier alpha value is -2.55. The number of rotatable bonds is 7. The maximum absolute atomic E-state index is 13.3. The number of piperazine rings is 1. The van der Waals surface area contributed by atoms with E-state index in [1.807, 2.05) is 24.3 Å². The van der Waals surface area contributed by atoms with Crippen molar-refractivity contribution in [2.24, 2.45) is 0 Å². The molecule has 1 aliphatic heterocycles. The predicted octanol–water partition coefficient (Wildman–Crippen LogP) is 3.23. The van der Waals surface area contributed by atoms with Crippen molar-refractivity contribution in [1.29, 1.82) is 0 Å². The van der Waals surface area contributed by atoms with Crippen LogP contribution in [0.15, 0.2) is 57.9 Å². The van der Waals surface area contributed by atoms with Gasteiger partial charge in [-0.05, 0) is 42.0 Å². The summed E-state index contributed by atoms with van der Waals surface area (Å²) in [6.07, 6.45) is -4.99. The largest absolute Gasteiger partial charge is 0.490 e. The van der Waals surface area contributed by atoms with Crippen LogP contribution in [0.3, 0.4) is 0 Å². The van der Waals surface area contributed by atoms with Crippen LogP contribution >= 0.6 is 15.9 Å². The standard InChI is InChI=1S/C20H23BrFN3O3S.C2HF3O2/c21-17-3-1-16(2-4-17)15-25(12-9-20(26)24-13-10-23-11-14-24)29(27,28)19-7-5-18(22)6-8-19;3-2(4,5)1(6)7/h1-8,23H,9-15H2;(H,6,7). The van der Waals surface area contributed by atoms with E-state index in [1.54, 1.807) is 4.90 Å². The van der Waals surface area contributed by atoms with Crippen LogP contribution in [0, 0.1) is 5.82 Å². The maximum Gasteiger partial charge on any atom is 0.490 e. The van der Waals surface area contributed by atoms with E-state index >= 15 is 0 Å². The molecule has 36 heavy (non-hydrogen) atoms. The molecule has 0 radical (unpaired) electrons. The fourth-order valence-electron chi connectivity index (χ4n) is 3.13. The van der Waals surface area contributed by atoms with E-state index in [1.165, 1.54) is 16.4 Å². The minimum Gasteiger partial charge on any atom is -0.475 e. The van der Waals surface area contributed by atoms with Gasteiger partial charge in [0.15, 0.2) is 0 Å². The molecule has 1 amide bonds. The molecule has 1 fully saturated rings. The van der Waals surface area contributed by atoms with Crippen molar-refractivity contribution in [1.82, 2.24) is 14.5 Å². The van der Waals surface area contributed by atoms with Crippen molar-refractivity contribution in [2.45, 2.75) is 24.0 Å². The summed E-state index contributed by atoms with van der Waals surface area (Å²) in [5.74, 6) is -3.33. The number of hydrogen-bond acceptors (Lipinski definition) is 5. The Bertz CT molecular complexity index is 1120. The van der Waals surface area contributed by atoms with Crippen LogP contribution in [0.5, 0.6) is 0 Å². The SMILES string of the molecule is O=C(CCN(Cc1ccc(Br)cc1)S(=O)(=O)c1ccc(F)cc1)N1CCNCC1.O=C(O)C(F)(F)F. The Morgan fingerprint density at radius 1 is 1.03 bits per heavy atom. The van der Waals surface area contributed by atoms with Gasteiger partial charge >= 0.3 is 12.1 Å². The van der Waals surface area contributed by atoms with Crippen molar-refractivity contribution >= 4 is 37.8 Å². The van der Waals surface area contributed by atoms with Crippen molar-refractivity contribution in [3.05, 3.63) is 64.4 Å². The van der Waals surface area contributed by atoms with Gasteiger partial charge in [0, 0.05) is 50.2 Å². The van der Waals surface area contributed by atoms with Gasteiger partial charge in [0.1, 0.15) is 5.82 Å². The smallest absolute Gasteiger partial charge is 0.475 e. The number of hydrogen-bond donors (Lipinski definition) is 2. The van der Waals surface area contributed by atoms with E-state index in [0.717, 1.165) is 35.3 Å². The second kappa shape index (κ2) is 13.1. The number of benzene rings is 2. The molecule has 1 saturated heterocycles. The third-order valence-electron chi connectivity index (χ3n) is 5.01. The van der Waals surface area contributed by atoms with Crippen LogP contribution in [0.2, 0.25) is 0 Å². The zero-order chi connectivity index (χ0) is 26.9. The molecule has 8 nitrogen and oxygen atoms in total. The highest BCUT2D eigenvalue weighted by Gasteiger charge is 2.38.